The number of phenols is 2. The molecular formula is C12H10N2O2. The molecule has 0 aliphatic rings. The van der Waals surface area contributed by atoms with Crippen LogP contribution in [-0.4, -0.2) is 21.4 Å². The fourth-order valence-corrected chi connectivity index (χ4v) is 1.21. The van der Waals surface area contributed by atoms with E-state index >= 15 is 0 Å². The highest BCUT2D eigenvalue weighted by Gasteiger charge is 1.99. The van der Waals surface area contributed by atoms with Gasteiger partial charge in [0, 0.05) is 18.0 Å². The molecular weight excluding hydrogens is 204 g/mol. The maximum absolute atomic E-state index is 9.49. The van der Waals surface area contributed by atoms with E-state index in [1.54, 1.807) is 18.3 Å². The zero-order valence-electron chi connectivity index (χ0n) is 8.41. The summed E-state index contributed by atoms with van der Waals surface area (Å²) in [6, 6.07) is 9.62. The lowest BCUT2D eigenvalue weighted by atomic mass is 10.2. The molecule has 0 saturated carbocycles. The number of nitrogens with zero attached hydrogens (tertiary/aromatic N) is 2. The summed E-state index contributed by atoms with van der Waals surface area (Å²) in [6.07, 6.45) is 3.09. The molecule has 0 fully saturated rings. The number of hydrogen-bond donors (Lipinski definition) is 2. The lowest BCUT2D eigenvalue weighted by Crippen LogP contribution is -1.82. The van der Waals surface area contributed by atoms with Crippen LogP contribution < -0.4 is 0 Å². The number of hydrogen-bond acceptors (Lipinski definition) is 4. The molecule has 0 amide bonds. The molecule has 80 valence electrons. The van der Waals surface area contributed by atoms with Crippen molar-refractivity contribution in [2.24, 2.45) is 4.99 Å². The van der Waals surface area contributed by atoms with Crippen LogP contribution in [0, 0.1) is 0 Å². The first-order valence-corrected chi connectivity index (χ1v) is 4.73. The summed E-state index contributed by atoms with van der Waals surface area (Å²) in [4.78, 5) is 8.08. The van der Waals surface area contributed by atoms with Crippen molar-refractivity contribution >= 4 is 12.0 Å². The number of benzene rings is 1. The van der Waals surface area contributed by atoms with E-state index in [2.05, 4.69) is 9.98 Å². The zero-order valence-corrected chi connectivity index (χ0v) is 8.41. The third-order valence-electron chi connectivity index (χ3n) is 2.00. The second-order valence-electron chi connectivity index (χ2n) is 3.19. The standard InChI is InChI=1S/C12H10N2O2/c15-10-4-5-11(16)9(7-10)8-14-12-3-1-2-6-13-12/h1-8,15-16H/b14-8+. The minimum absolute atomic E-state index is 0.0671. The summed E-state index contributed by atoms with van der Waals surface area (Å²) < 4.78 is 0. The van der Waals surface area contributed by atoms with Crippen molar-refractivity contribution in [2.75, 3.05) is 0 Å². The summed E-state index contributed by atoms with van der Waals surface area (Å²) in [7, 11) is 0. The molecule has 1 aromatic heterocycles. The molecule has 2 aromatic rings. The number of phenolic OH excluding ortho intramolecular Hbond substituents is 2. The van der Waals surface area contributed by atoms with Crippen molar-refractivity contribution in [1.29, 1.82) is 0 Å². The predicted molar refractivity (Wildman–Crippen MR) is 61.3 cm³/mol. The fourth-order valence-electron chi connectivity index (χ4n) is 1.21. The van der Waals surface area contributed by atoms with E-state index in [0.717, 1.165) is 0 Å². The number of aromatic hydroxyl groups is 2. The number of rotatable bonds is 2. The van der Waals surface area contributed by atoms with Gasteiger partial charge in [-0.2, -0.15) is 0 Å². The van der Waals surface area contributed by atoms with Crippen LogP contribution >= 0.6 is 0 Å². The summed E-state index contributed by atoms with van der Waals surface area (Å²) in [5.74, 6) is 0.697. The Morgan fingerprint density at radius 3 is 2.75 bits per heavy atom. The maximum Gasteiger partial charge on any atom is 0.151 e. The van der Waals surface area contributed by atoms with Gasteiger partial charge in [0.1, 0.15) is 11.5 Å². The van der Waals surface area contributed by atoms with E-state index in [0.29, 0.717) is 11.4 Å². The molecule has 0 aliphatic carbocycles. The Hall–Kier alpha value is -2.36. The van der Waals surface area contributed by atoms with Crippen molar-refractivity contribution in [3.63, 3.8) is 0 Å². The lowest BCUT2D eigenvalue weighted by Gasteiger charge is -1.98. The molecule has 1 aromatic carbocycles. The van der Waals surface area contributed by atoms with E-state index in [1.807, 2.05) is 6.07 Å². The second-order valence-corrected chi connectivity index (χ2v) is 3.19. The van der Waals surface area contributed by atoms with Gasteiger partial charge in [0.15, 0.2) is 5.82 Å². The Labute approximate surface area is 92.6 Å². The first-order chi connectivity index (χ1) is 7.75. The Bertz CT molecular complexity index is 510. The number of aromatic nitrogens is 1. The summed E-state index contributed by atoms with van der Waals surface area (Å²) in [6.45, 7) is 0. The van der Waals surface area contributed by atoms with E-state index in [-0.39, 0.29) is 11.5 Å². The van der Waals surface area contributed by atoms with E-state index < -0.39 is 0 Å². The Balaban J connectivity index is 2.27. The Morgan fingerprint density at radius 2 is 2.00 bits per heavy atom. The molecule has 0 atom stereocenters. The third kappa shape index (κ3) is 2.36. The molecule has 4 heteroatoms. The van der Waals surface area contributed by atoms with Gasteiger partial charge in [-0.3, -0.25) is 0 Å². The first-order valence-electron chi connectivity index (χ1n) is 4.73. The zero-order chi connectivity index (χ0) is 11.4. The number of aliphatic imine (C=N–C) groups is 1. The topological polar surface area (TPSA) is 65.7 Å². The minimum atomic E-state index is 0.0671. The molecule has 0 unspecified atom stereocenters. The van der Waals surface area contributed by atoms with Crippen LogP contribution in [0.2, 0.25) is 0 Å². The molecule has 4 nitrogen and oxygen atoms in total. The molecule has 0 aliphatic heterocycles. The highest BCUT2D eigenvalue weighted by atomic mass is 16.3. The van der Waals surface area contributed by atoms with E-state index in [1.165, 1.54) is 24.4 Å². The fraction of sp³-hybridized carbons (Fsp3) is 0. The Kier molecular flexibility index (Phi) is 2.82. The Morgan fingerprint density at radius 1 is 1.12 bits per heavy atom. The van der Waals surface area contributed by atoms with Gasteiger partial charge in [0.2, 0.25) is 0 Å². The van der Waals surface area contributed by atoms with Crippen LogP contribution in [0.3, 0.4) is 0 Å². The molecule has 0 radical (unpaired) electrons. The van der Waals surface area contributed by atoms with Crippen molar-refractivity contribution < 1.29 is 10.2 Å². The third-order valence-corrected chi connectivity index (χ3v) is 2.00. The SMILES string of the molecule is Oc1ccc(O)c(/C=N/c2ccccn2)c1. The maximum atomic E-state index is 9.49. The van der Waals surface area contributed by atoms with Crippen molar-refractivity contribution in [3.05, 3.63) is 48.2 Å². The molecule has 0 saturated heterocycles. The van der Waals surface area contributed by atoms with Crippen molar-refractivity contribution in [2.45, 2.75) is 0 Å². The summed E-state index contributed by atoms with van der Waals surface area (Å²) in [5.41, 5.74) is 0.450. The van der Waals surface area contributed by atoms with Crippen LogP contribution in [0.5, 0.6) is 11.5 Å². The largest absolute Gasteiger partial charge is 0.508 e. The van der Waals surface area contributed by atoms with Crippen LogP contribution in [0.15, 0.2) is 47.6 Å². The van der Waals surface area contributed by atoms with Gasteiger partial charge in [-0.15, -0.1) is 0 Å². The first kappa shape index (κ1) is 10.2. The van der Waals surface area contributed by atoms with Crippen LogP contribution in [-0.2, 0) is 0 Å². The van der Waals surface area contributed by atoms with Crippen LogP contribution in [0.25, 0.3) is 0 Å². The minimum Gasteiger partial charge on any atom is -0.508 e. The van der Waals surface area contributed by atoms with E-state index in [9.17, 15) is 10.2 Å². The van der Waals surface area contributed by atoms with Gasteiger partial charge >= 0.3 is 0 Å². The molecule has 2 N–H and O–H groups in total. The molecule has 0 bridgehead atoms. The highest BCUT2D eigenvalue weighted by Crippen LogP contribution is 2.20. The van der Waals surface area contributed by atoms with Crippen molar-refractivity contribution in [1.82, 2.24) is 4.98 Å². The van der Waals surface area contributed by atoms with Crippen LogP contribution in [0.4, 0.5) is 5.82 Å². The van der Waals surface area contributed by atoms with Gasteiger partial charge in [-0.05, 0) is 30.3 Å². The summed E-state index contributed by atoms with van der Waals surface area (Å²) in [5, 5.41) is 18.7. The quantitative estimate of drug-likeness (QED) is 0.595. The van der Waals surface area contributed by atoms with Gasteiger partial charge in [0.25, 0.3) is 0 Å². The average Bonchev–Trinajstić information content (AvgIpc) is 2.32. The van der Waals surface area contributed by atoms with E-state index in [4.69, 9.17) is 0 Å². The van der Waals surface area contributed by atoms with Gasteiger partial charge in [-0.1, -0.05) is 6.07 Å². The van der Waals surface area contributed by atoms with Gasteiger partial charge < -0.3 is 10.2 Å². The van der Waals surface area contributed by atoms with Crippen LogP contribution in [0.1, 0.15) is 5.56 Å². The average molecular weight is 214 g/mol. The molecule has 16 heavy (non-hydrogen) atoms. The second kappa shape index (κ2) is 4.44. The smallest absolute Gasteiger partial charge is 0.151 e. The summed E-state index contributed by atoms with van der Waals surface area (Å²) >= 11 is 0. The number of pyridine rings is 1. The molecule has 2 rings (SSSR count). The highest BCUT2D eigenvalue weighted by molar-refractivity contribution is 5.85. The van der Waals surface area contributed by atoms with Crippen molar-refractivity contribution in [3.8, 4) is 11.5 Å². The van der Waals surface area contributed by atoms with Gasteiger partial charge in [-0.25, -0.2) is 9.98 Å². The predicted octanol–water partition coefficient (Wildman–Crippen LogP) is 2.24. The lowest BCUT2D eigenvalue weighted by molar-refractivity contribution is 0.459. The monoisotopic (exact) mass is 214 g/mol. The van der Waals surface area contributed by atoms with Gasteiger partial charge in [0.05, 0.1) is 0 Å². The normalized spacial score (nSPS) is 10.8. The molecule has 0 spiro atoms. The molecule has 1 heterocycles.